The van der Waals surface area contributed by atoms with Crippen molar-refractivity contribution in [2.45, 2.75) is 25.9 Å². The maximum Gasteiger partial charge on any atom is 0.153 e. The van der Waals surface area contributed by atoms with Crippen molar-refractivity contribution in [3.05, 3.63) is 47.5 Å². The first kappa shape index (κ1) is 10.8. The predicted octanol–water partition coefficient (Wildman–Crippen LogP) is 1.64. The van der Waals surface area contributed by atoms with Crippen molar-refractivity contribution in [1.29, 1.82) is 0 Å². The number of aromatic nitrogens is 3. The van der Waals surface area contributed by atoms with Crippen LogP contribution in [0.25, 0.3) is 0 Å². The molecule has 1 aromatic heterocycles. The second-order valence-electron chi connectivity index (χ2n) is 3.76. The normalized spacial score (nSPS) is 12.6. The number of aromatic amines is 1. The fourth-order valence-electron chi connectivity index (χ4n) is 1.61. The molecule has 1 atom stereocenters. The van der Waals surface area contributed by atoms with Crippen LogP contribution in [0.2, 0.25) is 0 Å². The maximum absolute atomic E-state index is 9.86. The molecular weight excluding hydrogens is 202 g/mol. The average molecular weight is 217 g/mol. The molecule has 2 rings (SSSR count). The van der Waals surface area contributed by atoms with E-state index in [9.17, 15) is 5.11 Å². The molecule has 2 N–H and O–H groups in total. The van der Waals surface area contributed by atoms with Crippen LogP contribution in [0.3, 0.4) is 0 Å². The van der Waals surface area contributed by atoms with E-state index in [1.54, 1.807) is 0 Å². The molecule has 1 unspecified atom stereocenters. The fourth-order valence-corrected chi connectivity index (χ4v) is 1.61. The molecule has 0 fully saturated rings. The summed E-state index contributed by atoms with van der Waals surface area (Å²) < 4.78 is 0. The molecule has 0 amide bonds. The van der Waals surface area contributed by atoms with Crippen LogP contribution in [0.1, 0.15) is 30.0 Å². The van der Waals surface area contributed by atoms with E-state index in [4.69, 9.17) is 0 Å². The standard InChI is InChI=1S/C12H15N3O/c1-2-9-3-5-10(6-4-9)7-11(16)12-13-8-14-15-12/h3-6,8,11,16H,2,7H2,1H3,(H,13,14,15). The van der Waals surface area contributed by atoms with E-state index in [1.165, 1.54) is 11.9 Å². The van der Waals surface area contributed by atoms with Crippen molar-refractivity contribution in [3.8, 4) is 0 Å². The monoisotopic (exact) mass is 217 g/mol. The molecule has 0 saturated heterocycles. The summed E-state index contributed by atoms with van der Waals surface area (Å²) in [6, 6.07) is 8.25. The third kappa shape index (κ3) is 2.46. The van der Waals surface area contributed by atoms with Gasteiger partial charge in [0.2, 0.25) is 0 Å². The average Bonchev–Trinajstić information content (AvgIpc) is 2.83. The third-order valence-electron chi connectivity index (χ3n) is 2.61. The number of aliphatic hydroxyl groups is 1. The number of nitrogens with zero attached hydrogens (tertiary/aromatic N) is 2. The largest absolute Gasteiger partial charge is 0.385 e. The highest BCUT2D eigenvalue weighted by molar-refractivity contribution is 5.23. The minimum atomic E-state index is -0.616. The number of nitrogens with one attached hydrogen (secondary N) is 1. The van der Waals surface area contributed by atoms with E-state index in [0.717, 1.165) is 12.0 Å². The summed E-state index contributed by atoms with van der Waals surface area (Å²) in [5.41, 5.74) is 2.40. The van der Waals surface area contributed by atoms with Crippen LogP contribution >= 0.6 is 0 Å². The van der Waals surface area contributed by atoms with Crippen LogP contribution < -0.4 is 0 Å². The van der Waals surface area contributed by atoms with Crippen molar-refractivity contribution in [2.75, 3.05) is 0 Å². The first-order chi connectivity index (χ1) is 7.79. The minimum absolute atomic E-state index is 0.513. The van der Waals surface area contributed by atoms with Crippen molar-refractivity contribution in [1.82, 2.24) is 15.2 Å². The van der Waals surface area contributed by atoms with Crippen LogP contribution in [-0.4, -0.2) is 20.3 Å². The van der Waals surface area contributed by atoms with Gasteiger partial charge in [0.05, 0.1) is 0 Å². The van der Waals surface area contributed by atoms with Crippen molar-refractivity contribution in [3.63, 3.8) is 0 Å². The van der Waals surface area contributed by atoms with Gasteiger partial charge in [-0.1, -0.05) is 31.2 Å². The number of hydrogen-bond acceptors (Lipinski definition) is 3. The summed E-state index contributed by atoms with van der Waals surface area (Å²) in [5, 5.41) is 16.2. The molecule has 1 heterocycles. The highest BCUT2D eigenvalue weighted by Crippen LogP contribution is 2.14. The Morgan fingerprint density at radius 3 is 2.50 bits per heavy atom. The Morgan fingerprint density at radius 1 is 1.25 bits per heavy atom. The Bertz CT molecular complexity index is 422. The Balaban J connectivity index is 2.03. The number of rotatable bonds is 4. The Labute approximate surface area is 94.4 Å². The van der Waals surface area contributed by atoms with Gasteiger partial charge in [-0.3, -0.25) is 5.10 Å². The Hall–Kier alpha value is -1.68. The van der Waals surface area contributed by atoms with E-state index in [-0.39, 0.29) is 0 Å². The second-order valence-corrected chi connectivity index (χ2v) is 3.76. The molecule has 2 aromatic rings. The van der Waals surface area contributed by atoms with Gasteiger partial charge < -0.3 is 5.11 Å². The fraction of sp³-hybridized carbons (Fsp3) is 0.333. The predicted molar refractivity (Wildman–Crippen MR) is 60.9 cm³/mol. The molecule has 0 aliphatic carbocycles. The van der Waals surface area contributed by atoms with Gasteiger partial charge in [-0.2, -0.15) is 5.10 Å². The lowest BCUT2D eigenvalue weighted by atomic mass is 10.0. The number of hydrogen-bond donors (Lipinski definition) is 2. The Morgan fingerprint density at radius 2 is 1.94 bits per heavy atom. The lowest BCUT2D eigenvalue weighted by Gasteiger charge is -2.07. The number of benzene rings is 1. The summed E-state index contributed by atoms with van der Waals surface area (Å²) >= 11 is 0. The smallest absolute Gasteiger partial charge is 0.153 e. The van der Waals surface area contributed by atoms with E-state index in [0.29, 0.717) is 12.2 Å². The Kier molecular flexibility index (Phi) is 3.31. The van der Waals surface area contributed by atoms with Crippen LogP contribution in [0.5, 0.6) is 0 Å². The van der Waals surface area contributed by atoms with E-state index >= 15 is 0 Å². The molecule has 1 aromatic carbocycles. The molecule has 16 heavy (non-hydrogen) atoms. The molecule has 4 heteroatoms. The topological polar surface area (TPSA) is 61.8 Å². The van der Waals surface area contributed by atoms with Crippen LogP contribution in [0.4, 0.5) is 0 Å². The molecule has 0 spiro atoms. The quantitative estimate of drug-likeness (QED) is 0.818. The zero-order valence-electron chi connectivity index (χ0n) is 9.22. The molecule has 0 aliphatic heterocycles. The van der Waals surface area contributed by atoms with Gasteiger partial charge in [0.1, 0.15) is 12.4 Å². The van der Waals surface area contributed by atoms with Gasteiger partial charge in [-0.15, -0.1) is 0 Å². The lowest BCUT2D eigenvalue weighted by Crippen LogP contribution is -2.04. The lowest BCUT2D eigenvalue weighted by molar-refractivity contribution is 0.169. The number of aryl methyl sites for hydroxylation is 1. The molecule has 0 radical (unpaired) electrons. The van der Waals surface area contributed by atoms with Crippen LogP contribution in [0.15, 0.2) is 30.6 Å². The molecule has 0 saturated carbocycles. The van der Waals surface area contributed by atoms with Gasteiger partial charge >= 0.3 is 0 Å². The molecular formula is C12H15N3O. The van der Waals surface area contributed by atoms with Gasteiger partial charge in [-0.25, -0.2) is 4.98 Å². The first-order valence-corrected chi connectivity index (χ1v) is 5.40. The van der Waals surface area contributed by atoms with E-state index < -0.39 is 6.10 Å². The van der Waals surface area contributed by atoms with E-state index in [2.05, 4.69) is 34.2 Å². The van der Waals surface area contributed by atoms with Gasteiger partial charge in [0, 0.05) is 6.42 Å². The molecule has 4 nitrogen and oxygen atoms in total. The van der Waals surface area contributed by atoms with Gasteiger partial charge in [0.25, 0.3) is 0 Å². The van der Waals surface area contributed by atoms with Crippen molar-refractivity contribution < 1.29 is 5.11 Å². The van der Waals surface area contributed by atoms with Gasteiger partial charge in [-0.05, 0) is 17.5 Å². The molecule has 0 aliphatic rings. The SMILES string of the molecule is CCc1ccc(CC(O)c2ncn[nH]2)cc1. The summed E-state index contributed by atoms with van der Waals surface area (Å²) in [6.45, 7) is 2.12. The summed E-state index contributed by atoms with van der Waals surface area (Å²) in [6.07, 6.45) is 2.37. The number of H-pyrrole nitrogens is 1. The van der Waals surface area contributed by atoms with Gasteiger partial charge in [0.15, 0.2) is 5.82 Å². The van der Waals surface area contributed by atoms with Crippen LogP contribution in [0, 0.1) is 0 Å². The third-order valence-corrected chi connectivity index (χ3v) is 2.61. The highest BCUT2D eigenvalue weighted by atomic mass is 16.3. The second kappa shape index (κ2) is 4.90. The summed E-state index contributed by atoms with van der Waals surface area (Å²) in [5.74, 6) is 0.513. The van der Waals surface area contributed by atoms with Crippen molar-refractivity contribution >= 4 is 0 Å². The van der Waals surface area contributed by atoms with Crippen LogP contribution in [-0.2, 0) is 12.8 Å². The maximum atomic E-state index is 9.86. The number of aliphatic hydroxyl groups excluding tert-OH is 1. The van der Waals surface area contributed by atoms with Crippen molar-refractivity contribution in [2.24, 2.45) is 0 Å². The molecule has 84 valence electrons. The minimum Gasteiger partial charge on any atom is -0.385 e. The first-order valence-electron chi connectivity index (χ1n) is 5.40. The summed E-state index contributed by atoms with van der Waals surface area (Å²) in [7, 11) is 0. The molecule has 0 bridgehead atoms. The zero-order chi connectivity index (χ0) is 11.4. The van der Waals surface area contributed by atoms with E-state index in [1.807, 2.05) is 12.1 Å². The zero-order valence-corrected chi connectivity index (χ0v) is 9.22. The summed E-state index contributed by atoms with van der Waals surface area (Å²) in [4.78, 5) is 3.93. The highest BCUT2D eigenvalue weighted by Gasteiger charge is 2.10.